The van der Waals surface area contributed by atoms with Gasteiger partial charge in [-0.15, -0.1) is 0 Å². The number of nitrogens with two attached hydrogens (primary N) is 1. The van der Waals surface area contributed by atoms with Gasteiger partial charge >= 0.3 is 0 Å². The first-order chi connectivity index (χ1) is 8.38. The summed E-state index contributed by atoms with van der Waals surface area (Å²) in [5.41, 5.74) is 7.46. The molecule has 0 unspecified atom stereocenters. The molecule has 1 aromatic carbocycles. The van der Waals surface area contributed by atoms with E-state index in [0.717, 1.165) is 16.5 Å². The van der Waals surface area contributed by atoms with Gasteiger partial charge in [0.25, 0.3) is 0 Å². The lowest BCUT2D eigenvalue weighted by Crippen LogP contribution is -2.02. The highest BCUT2D eigenvalue weighted by Gasteiger charge is 2.12. The zero-order chi connectivity index (χ0) is 11.7. The molecule has 0 radical (unpaired) electrons. The molecular formula is C12H12N4O. The minimum atomic E-state index is 0.509. The van der Waals surface area contributed by atoms with Gasteiger partial charge in [0.05, 0.1) is 0 Å². The van der Waals surface area contributed by atoms with E-state index >= 15 is 0 Å². The number of H-pyrrole nitrogens is 1. The second kappa shape index (κ2) is 4.03. The van der Waals surface area contributed by atoms with Gasteiger partial charge in [0.15, 0.2) is 0 Å². The third-order valence-corrected chi connectivity index (χ3v) is 2.66. The highest BCUT2D eigenvalue weighted by Crippen LogP contribution is 2.25. The lowest BCUT2D eigenvalue weighted by atomic mass is 10.2. The minimum absolute atomic E-state index is 0.509. The van der Waals surface area contributed by atoms with Gasteiger partial charge in [-0.05, 0) is 6.07 Å². The molecule has 3 aromatic rings. The summed E-state index contributed by atoms with van der Waals surface area (Å²) in [6.07, 6.45) is 2.50. The van der Waals surface area contributed by atoms with Gasteiger partial charge < -0.3 is 15.2 Å². The van der Waals surface area contributed by atoms with E-state index in [9.17, 15) is 0 Å². The molecule has 0 spiro atoms. The van der Waals surface area contributed by atoms with E-state index in [4.69, 9.17) is 10.3 Å². The Morgan fingerprint density at radius 2 is 2.18 bits per heavy atom. The van der Waals surface area contributed by atoms with Crippen molar-refractivity contribution in [3.8, 4) is 11.4 Å². The molecule has 0 fully saturated rings. The van der Waals surface area contributed by atoms with Gasteiger partial charge in [-0.25, -0.2) is 0 Å². The van der Waals surface area contributed by atoms with Crippen molar-refractivity contribution in [3.63, 3.8) is 0 Å². The molecule has 2 aromatic heterocycles. The number of aromatic amines is 1. The number of nitrogens with zero attached hydrogens (tertiary/aromatic N) is 2. The molecule has 2 heterocycles. The summed E-state index contributed by atoms with van der Waals surface area (Å²) in [6.45, 7) is 0.509. The topological polar surface area (TPSA) is 80.7 Å². The highest BCUT2D eigenvalue weighted by molar-refractivity contribution is 5.93. The maximum Gasteiger partial charge on any atom is 0.228 e. The standard InChI is InChI=1S/C12H12N4O/c13-6-5-11-15-12(16-17-11)9-7-14-10-4-2-1-3-8(9)10/h1-4,7,14H,5-6,13H2. The van der Waals surface area contributed by atoms with Gasteiger partial charge in [0, 0.05) is 35.6 Å². The molecule has 5 nitrogen and oxygen atoms in total. The van der Waals surface area contributed by atoms with Crippen LogP contribution < -0.4 is 5.73 Å². The SMILES string of the molecule is NCCc1nc(-c2c[nH]c3ccccc23)no1. The number of benzene rings is 1. The van der Waals surface area contributed by atoms with Gasteiger partial charge in [0.1, 0.15) is 0 Å². The Labute approximate surface area is 97.6 Å². The third kappa shape index (κ3) is 1.70. The van der Waals surface area contributed by atoms with Crippen LogP contribution in [0.4, 0.5) is 0 Å². The second-order valence-electron chi connectivity index (χ2n) is 3.80. The molecule has 5 heteroatoms. The van der Waals surface area contributed by atoms with Gasteiger partial charge in [-0.3, -0.25) is 0 Å². The van der Waals surface area contributed by atoms with E-state index in [2.05, 4.69) is 15.1 Å². The number of hydrogen-bond donors (Lipinski definition) is 2. The maximum absolute atomic E-state index is 5.45. The van der Waals surface area contributed by atoms with Crippen LogP contribution in [0.2, 0.25) is 0 Å². The van der Waals surface area contributed by atoms with Crippen molar-refractivity contribution in [2.45, 2.75) is 6.42 Å². The van der Waals surface area contributed by atoms with Crippen molar-refractivity contribution >= 4 is 10.9 Å². The van der Waals surface area contributed by atoms with E-state index < -0.39 is 0 Å². The Hall–Kier alpha value is -2.14. The van der Waals surface area contributed by atoms with E-state index in [1.807, 2.05) is 30.5 Å². The zero-order valence-electron chi connectivity index (χ0n) is 9.18. The summed E-state index contributed by atoms with van der Waals surface area (Å²) in [4.78, 5) is 7.50. The third-order valence-electron chi connectivity index (χ3n) is 2.66. The summed E-state index contributed by atoms with van der Waals surface area (Å²) in [5.74, 6) is 1.18. The summed E-state index contributed by atoms with van der Waals surface area (Å²) in [6, 6.07) is 8.01. The molecule has 0 saturated heterocycles. The monoisotopic (exact) mass is 228 g/mol. The number of rotatable bonds is 3. The second-order valence-corrected chi connectivity index (χ2v) is 3.80. The van der Waals surface area contributed by atoms with E-state index in [0.29, 0.717) is 24.7 Å². The quantitative estimate of drug-likeness (QED) is 0.715. The van der Waals surface area contributed by atoms with Gasteiger partial charge in [-0.1, -0.05) is 23.4 Å². The van der Waals surface area contributed by atoms with Crippen molar-refractivity contribution < 1.29 is 4.52 Å². The van der Waals surface area contributed by atoms with E-state index in [-0.39, 0.29) is 0 Å². The number of nitrogens with one attached hydrogen (secondary N) is 1. The summed E-state index contributed by atoms with van der Waals surface area (Å²) in [5, 5.41) is 5.06. The Morgan fingerprint density at radius 3 is 3.06 bits per heavy atom. The van der Waals surface area contributed by atoms with Crippen LogP contribution in [0.15, 0.2) is 35.0 Å². The molecular weight excluding hydrogens is 216 g/mol. The fourth-order valence-electron chi connectivity index (χ4n) is 1.85. The van der Waals surface area contributed by atoms with Crippen LogP contribution in [0.25, 0.3) is 22.3 Å². The molecule has 0 atom stereocenters. The Bertz CT molecular complexity index is 641. The van der Waals surface area contributed by atoms with Crippen LogP contribution in [0.5, 0.6) is 0 Å². The fourth-order valence-corrected chi connectivity index (χ4v) is 1.85. The molecule has 0 amide bonds. The van der Waals surface area contributed by atoms with Crippen LogP contribution in [0.1, 0.15) is 5.89 Å². The summed E-state index contributed by atoms with van der Waals surface area (Å²) >= 11 is 0. The van der Waals surface area contributed by atoms with Crippen LogP contribution in [0.3, 0.4) is 0 Å². The minimum Gasteiger partial charge on any atom is -0.360 e. The molecule has 3 rings (SSSR count). The molecule has 0 aliphatic heterocycles. The van der Waals surface area contributed by atoms with Crippen molar-refractivity contribution in [3.05, 3.63) is 36.4 Å². The first-order valence-electron chi connectivity index (χ1n) is 5.47. The highest BCUT2D eigenvalue weighted by atomic mass is 16.5. The van der Waals surface area contributed by atoms with Crippen LogP contribution in [0, 0.1) is 0 Å². The predicted octanol–water partition coefficient (Wildman–Crippen LogP) is 1.72. The normalized spacial score (nSPS) is 11.1. The van der Waals surface area contributed by atoms with Crippen molar-refractivity contribution in [2.24, 2.45) is 5.73 Å². The van der Waals surface area contributed by atoms with E-state index in [1.165, 1.54) is 0 Å². The Balaban J connectivity index is 2.07. The molecule has 0 aliphatic carbocycles. The van der Waals surface area contributed by atoms with Crippen molar-refractivity contribution in [1.82, 2.24) is 15.1 Å². The van der Waals surface area contributed by atoms with Gasteiger partial charge in [0.2, 0.25) is 11.7 Å². The average molecular weight is 228 g/mol. The van der Waals surface area contributed by atoms with Crippen LogP contribution >= 0.6 is 0 Å². The molecule has 0 aliphatic rings. The van der Waals surface area contributed by atoms with E-state index in [1.54, 1.807) is 0 Å². The Kier molecular flexibility index (Phi) is 2.38. The number of aromatic nitrogens is 3. The number of para-hydroxylation sites is 1. The lowest BCUT2D eigenvalue weighted by molar-refractivity contribution is 0.380. The molecule has 3 N–H and O–H groups in total. The average Bonchev–Trinajstić information content (AvgIpc) is 2.95. The van der Waals surface area contributed by atoms with Crippen LogP contribution in [-0.4, -0.2) is 21.7 Å². The largest absolute Gasteiger partial charge is 0.360 e. The molecule has 17 heavy (non-hydrogen) atoms. The maximum atomic E-state index is 5.45. The molecule has 86 valence electrons. The van der Waals surface area contributed by atoms with Crippen molar-refractivity contribution in [2.75, 3.05) is 6.54 Å². The fraction of sp³-hybridized carbons (Fsp3) is 0.167. The Morgan fingerprint density at radius 1 is 1.29 bits per heavy atom. The smallest absolute Gasteiger partial charge is 0.228 e. The predicted molar refractivity (Wildman–Crippen MR) is 64.3 cm³/mol. The van der Waals surface area contributed by atoms with Gasteiger partial charge in [-0.2, -0.15) is 4.98 Å². The number of hydrogen-bond acceptors (Lipinski definition) is 4. The van der Waals surface area contributed by atoms with Crippen LogP contribution in [-0.2, 0) is 6.42 Å². The molecule has 0 bridgehead atoms. The first kappa shape index (κ1) is 10.0. The lowest BCUT2D eigenvalue weighted by Gasteiger charge is -1.90. The zero-order valence-corrected chi connectivity index (χ0v) is 9.18. The first-order valence-corrected chi connectivity index (χ1v) is 5.47. The number of fused-ring (bicyclic) bond motifs is 1. The summed E-state index contributed by atoms with van der Waals surface area (Å²) in [7, 11) is 0. The van der Waals surface area contributed by atoms with Crippen molar-refractivity contribution in [1.29, 1.82) is 0 Å². The summed E-state index contributed by atoms with van der Waals surface area (Å²) < 4.78 is 5.12. The molecule has 0 saturated carbocycles.